The van der Waals surface area contributed by atoms with Crippen molar-refractivity contribution in [1.82, 2.24) is 4.57 Å². The Morgan fingerprint density at radius 2 is 1.92 bits per heavy atom. The molecule has 0 saturated carbocycles. The molecule has 0 aliphatic rings. The van der Waals surface area contributed by atoms with Crippen molar-refractivity contribution < 1.29 is 4.57 Å². The summed E-state index contributed by atoms with van der Waals surface area (Å²) in [6, 6.07) is 19.2. The van der Waals surface area contributed by atoms with E-state index >= 15 is 0 Å². The number of aryl methyl sites for hydroxylation is 1. The molecule has 3 aromatic rings. The van der Waals surface area contributed by atoms with E-state index in [-0.39, 0.29) is 0 Å². The summed E-state index contributed by atoms with van der Waals surface area (Å²) in [5.74, 6) is 1.27. The molecule has 0 aliphatic carbocycles. The van der Waals surface area contributed by atoms with E-state index < -0.39 is 0 Å². The summed E-state index contributed by atoms with van der Waals surface area (Å²) in [4.78, 5) is 0. The van der Waals surface area contributed by atoms with Crippen molar-refractivity contribution in [3.05, 3.63) is 84.7 Å². The summed E-state index contributed by atoms with van der Waals surface area (Å²) >= 11 is 0. The van der Waals surface area contributed by atoms with Gasteiger partial charge in [-0.1, -0.05) is 62.4 Å². The zero-order chi connectivity index (χ0) is 16.8. The smallest absolute Gasteiger partial charge is 0.230 e. The highest BCUT2D eigenvalue weighted by molar-refractivity contribution is 5.52. The van der Waals surface area contributed by atoms with Crippen molar-refractivity contribution in [3.8, 4) is 11.4 Å². The predicted molar refractivity (Wildman–Crippen MR) is 101 cm³/mol. The summed E-state index contributed by atoms with van der Waals surface area (Å²) in [7, 11) is 0. The van der Waals surface area contributed by atoms with Crippen LogP contribution in [0, 0.1) is 0 Å². The Balaban J connectivity index is 1.97. The van der Waals surface area contributed by atoms with Crippen LogP contribution in [-0.2, 0) is 13.1 Å². The maximum Gasteiger partial charge on any atom is 0.289 e. The van der Waals surface area contributed by atoms with Crippen molar-refractivity contribution in [2.24, 2.45) is 0 Å². The van der Waals surface area contributed by atoms with Crippen LogP contribution in [0.4, 0.5) is 0 Å². The van der Waals surface area contributed by atoms with Gasteiger partial charge in [0.25, 0.3) is 5.82 Å². The summed E-state index contributed by atoms with van der Waals surface area (Å²) < 4.78 is 4.71. The molecule has 24 heavy (non-hydrogen) atoms. The highest BCUT2D eigenvalue weighted by atomic mass is 15.1. The average molecular weight is 317 g/mol. The van der Waals surface area contributed by atoms with E-state index in [0.29, 0.717) is 0 Å². The van der Waals surface area contributed by atoms with E-state index in [9.17, 15) is 0 Å². The SMILES string of the molecule is C=Cc1cccc(C[n+]2ccn(CCCC)c2-c2ccccc2)c1. The third-order valence-electron chi connectivity index (χ3n) is 4.29. The summed E-state index contributed by atoms with van der Waals surface area (Å²) in [6.45, 7) is 8.03. The second-order valence-corrected chi connectivity index (χ2v) is 6.11. The number of rotatable bonds is 7. The molecule has 0 N–H and O–H groups in total. The molecule has 0 unspecified atom stereocenters. The lowest BCUT2D eigenvalue weighted by Gasteiger charge is -2.06. The van der Waals surface area contributed by atoms with Gasteiger partial charge >= 0.3 is 0 Å². The highest BCUT2D eigenvalue weighted by Gasteiger charge is 2.19. The average Bonchev–Trinajstić information content (AvgIpc) is 3.03. The van der Waals surface area contributed by atoms with Crippen LogP contribution in [0.15, 0.2) is 73.6 Å². The lowest BCUT2D eigenvalue weighted by Crippen LogP contribution is -2.35. The van der Waals surface area contributed by atoms with Crippen LogP contribution in [0.5, 0.6) is 0 Å². The number of unbranched alkanes of at least 4 members (excludes halogenated alkanes) is 1. The summed E-state index contributed by atoms with van der Waals surface area (Å²) in [5.41, 5.74) is 3.72. The molecule has 0 spiro atoms. The number of hydrogen-bond acceptors (Lipinski definition) is 0. The Morgan fingerprint density at radius 3 is 2.67 bits per heavy atom. The lowest BCUT2D eigenvalue weighted by atomic mass is 10.1. The molecule has 2 heteroatoms. The molecule has 0 aliphatic heterocycles. The Bertz CT molecular complexity index is 800. The molecule has 2 nitrogen and oxygen atoms in total. The first-order chi connectivity index (χ1) is 11.8. The maximum atomic E-state index is 3.87. The zero-order valence-corrected chi connectivity index (χ0v) is 14.4. The van der Waals surface area contributed by atoms with Gasteiger partial charge in [0.05, 0.1) is 12.1 Å². The van der Waals surface area contributed by atoms with Gasteiger partial charge in [0.2, 0.25) is 0 Å². The Labute approximate surface area is 144 Å². The van der Waals surface area contributed by atoms with E-state index in [2.05, 4.69) is 89.6 Å². The molecule has 0 radical (unpaired) electrons. The Morgan fingerprint density at radius 1 is 1.08 bits per heavy atom. The maximum absolute atomic E-state index is 3.87. The van der Waals surface area contributed by atoms with Gasteiger partial charge in [-0.3, -0.25) is 0 Å². The number of aromatic nitrogens is 2. The quantitative estimate of drug-likeness (QED) is 0.546. The van der Waals surface area contributed by atoms with Crippen LogP contribution < -0.4 is 4.57 Å². The van der Waals surface area contributed by atoms with Crippen molar-refractivity contribution in [3.63, 3.8) is 0 Å². The van der Waals surface area contributed by atoms with Gasteiger partial charge in [-0.05, 0) is 35.7 Å². The molecule has 122 valence electrons. The molecule has 0 atom stereocenters. The monoisotopic (exact) mass is 317 g/mol. The van der Waals surface area contributed by atoms with E-state index in [0.717, 1.165) is 13.1 Å². The third-order valence-corrected chi connectivity index (χ3v) is 4.29. The minimum absolute atomic E-state index is 0.866. The third kappa shape index (κ3) is 3.65. The van der Waals surface area contributed by atoms with Gasteiger partial charge < -0.3 is 0 Å². The highest BCUT2D eigenvalue weighted by Crippen LogP contribution is 2.17. The van der Waals surface area contributed by atoms with Gasteiger partial charge in [0, 0.05) is 0 Å². The first-order valence-electron chi connectivity index (χ1n) is 8.67. The summed E-state index contributed by atoms with van der Waals surface area (Å²) in [5, 5.41) is 0. The number of benzene rings is 2. The minimum Gasteiger partial charge on any atom is -0.230 e. The molecular formula is C22H25N2+. The standard InChI is InChI=1S/C22H25N2/c1-3-5-14-23-15-16-24(22(23)21-12-7-6-8-13-21)18-20-11-9-10-19(4-2)17-20/h4,6-13,15-17H,2-3,5,14,18H2,1H3/q+1. The Hall–Kier alpha value is -2.61. The van der Waals surface area contributed by atoms with Gasteiger partial charge in [-0.15, -0.1) is 0 Å². The van der Waals surface area contributed by atoms with Crippen molar-refractivity contribution >= 4 is 6.08 Å². The molecular weight excluding hydrogens is 292 g/mol. The second-order valence-electron chi connectivity index (χ2n) is 6.11. The largest absolute Gasteiger partial charge is 0.289 e. The molecule has 1 aromatic heterocycles. The van der Waals surface area contributed by atoms with E-state index in [1.165, 1.54) is 35.4 Å². The fraction of sp³-hybridized carbons (Fsp3) is 0.227. The molecule has 0 saturated heterocycles. The van der Waals surface area contributed by atoms with E-state index in [1.807, 2.05) is 6.08 Å². The van der Waals surface area contributed by atoms with Gasteiger partial charge in [-0.25, -0.2) is 9.13 Å². The zero-order valence-electron chi connectivity index (χ0n) is 14.4. The molecule has 0 bridgehead atoms. The molecule has 2 aromatic carbocycles. The fourth-order valence-corrected chi connectivity index (χ4v) is 3.04. The molecule has 0 fully saturated rings. The normalized spacial score (nSPS) is 10.7. The predicted octanol–water partition coefficient (Wildman–Crippen LogP) is 4.93. The van der Waals surface area contributed by atoms with Crippen LogP contribution in [0.3, 0.4) is 0 Å². The number of hydrogen-bond donors (Lipinski definition) is 0. The lowest BCUT2D eigenvalue weighted by molar-refractivity contribution is -0.676. The topological polar surface area (TPSA) is 8.81 Å². The fourth-order valence-electron chi connectivity index (χ4n) is 3.04. The number of nitrogens with zero attached hydrogens (tertiary/aromatic N) is 2. The minimum atomic E-state index is 0.866. The first-order valence-corrected chi connectivity index (χ1v) is 8.67. The van der Waals surface area contributed by atoms with Crippen LogP contribution in [-0.4, -0.2) is 4.57 Å². The molecule has 1 heterocycles. The molecule has 0 amide bonds. The van der Waals surface area contributed by atoms with Gasteiger partial charge in [0.1, 0.15) is 18.9 Å². The van der Waals surface area contributed by atoms with Gasteiger partial charge in [-0.2, -0.15) is 0 Å². The number of imidazole rings is 1. The van der Waals surface area contributed by atoms with Crippen LogP contribution in [0.2, 0.25) is 0 Å². The van der Waals surface area contributed by atoms with Crippen LogP contribution in [0.1, 0.15) is 30.9 Å². The van der Waals surface area contributed by atoms with Crippen LogP contribution in [0.25, 0.3) is 17.5 Å². The van der Waals surface area contributed by atoms with Gasteiger partial charge in [0.15, 0.2) is 0 Å². The van der Waals surface area contributed by atoms with Crippen LogP contribution >= 0.6 is 0 Å². The van der Waals surface area contributed by atoms with Crippen molar-refractivity contribution in [2.45, 2.75) is 32.9 Å². The first kappa shape index (κ1) is 16.3. The Kier molecular flexibility index (Phi) is 5.27. The van der Waals surface area contributed by atoms with Crippen molar-refractivity contribution in [2.75, 3.05) is 0 Å². The summed E-state index contributed by atoms with van der Waals surface area (Å²) in [6.07, 6.45) is 8.70. The van der Waals surface area contributed by atoms with Crippen molar-refractivity contribution in [1.29, 1.82) is 0 Å². The second kappa shape index (κ2) is 7.78. The molecule has 3 rings (SSSR count). The van der Waals surface area contributed by atoms with E-state index in [4.69, 9.17) is 0 Å². The van der Waals surface area contributed by atoms with E-state index in [1.54, 1.807) is 0 Å².